The normalized spacial score (nSPS) is 17.3. The summed E-state index contributed by atoms with van der Waals surface area (Å²) in [6.45, 7) is 1.87. The summed E-state index contributed by atoms with van der Waals surface area (Å²) in [7, 11) is 0. The van der Waals surface area contributed by atoms with Gasteiger partial charge in [-0.25, -0.2) is 0 Å². The Kier molecular flexibility index (Phi) is 5.07. The van der Waals surface area contributed by atoms with Crippen LogP contribution in [0.5, 0.6) is 0 Å². The number of nitrogens with zero attached hydrogens (tertiary/aromatic N) is 4. The van der Waals surface area contributed by atoms with Crippen LogP contribution in [0, 0.1) is 6.92 Å². The van der Waals surface area contributed by atoms with Crippen molar-refractivity contribution >= 4 is 62.7 Å². The number of benzene rings is 2. The van der Waals surface area contributed by atoms with Crippen molar-refractivity contribution in [1.29, 1.82) is 0 Å². The largest absolute Gasteiger partial charge is 0.271 e. The van der Waals surface area contributed by atoms with Crippen LogP contribution in [-0.2, 0) is 4.79 Å². The van der Waals surface area contributed by atoms with E-state index in [1.807, 2.05) is 55.5 Å². The summed E-state index contributed by atoms with van der Waals surface area (Å²) in [5, 5.41) is 10.6. The molecule has 27 heavy (non-hydrogen) atoms. The predicted octanol–water partition coefficient (Wildman–Crippen LogP) is 5.31. The summed E-state index contributed by atoms with van der Waals surface area (Å²) in [5.41, 5.74) is 1.66. The van der Waals surface area contributed by atoms with Gasteiger partial charge in [-0.05, 0) is 54.6 Å². The van der Waals surface area contributed by atoms with Gasteiger partial charge in [0, 0.05) is 5.02 Å². The molecule has 3 aromatic rings. The lowest BCUT2D eigenvalue weighted by atomic mass is 10.2. The first-order valence-corrected chi connectivity index (χ1v) is 10.0. The molecule has 4 rings (SSSR count). The number of para-hydroxylation sites is 1. The molecule has 0 unspecified atom stereocenters. The second-order valence-corrected chi connectivity index (χ2v) is 8.24. The zero-order chi connectivity index (χ0) is 18.8. The monoisotopic (exact) mass is 412 g/mol. The third kappa shape index (κ3) is 3.95. The fourth-order valence-corrected chi connectivity index (χ4v) is 4.20. The molecule has 1 amide bonds. The van der Waals surface area contributed by atoms with E-state index in [0.717, 1.165) is 16.3 Å². The first-order chi connectivity index (χ1) is 13.1. The summed E-state index contributed by atoms with van der Waals surface area (Å²) < 4.78 is 0. The van der Waals surface area contributed by atoms with Crippen molar-refractivity contribution in [2.45, 2.75) is 6.92 Å². The summed E-state index contributed by atoms with van der Waals surface area (Å²) >= 11 is 8.65. The summed E-state index contributed by atoms with van der Waals surface area (Å²) in [6, 6.07) is 16.8. The summed E-state index contributed by atoms with van der Waals surface area (Å²) in [6.07, 6.45) is 1.84. The lowest BCUT2D eigenvalue weighted by molar-refractivity contribution is -0.113. The van der Waals surface area contributed by atoms with Crippen LogP contribution < -0.4 is 4.90 Å². The van der Waals surface area contributed by atoms with Gasteiger partial charge in [0.2, 0.25) is 5.13 Å². The quantitative estimate of drug-likeness (QED) is 0.547. The molecular formula is C19H13ClN4OS2. The van der Waals surface area contributed by atoms with Crippen LogP contribution in [0.25, 0.3) is 6.08 Å². The van der Waals surface area contributed by atoms with Gasteiger partial charge < -0.3 is 0 Å². The molecule has 1 fully saturated rings. The number of hydrogen-bond acceptors (Lipinski definition) is 6. The van der Waals surface area contributed by atoms with Crippen molar-refractivity contribution < 1.29 is 4.79 Å². The van der Waals surface area contributed by atoms with E-state index in [0.29, 0.717) is 20.2 Å². The van der Waals surface area contributed by atoms with Crippen molar-refractivity contribution in [2.24, 2.45) is 4.99 Å². The maximum absolute atomic E-state index is 13.1. The highest BCUT2D eigenvalue weighted by Gasteiger charge is 2.35. The summed E-state index contributed by atoms with van der Waals surface area (Å²) in [5.74, 6) is -0.124. The number of aromatic nitrogens is 2. The molecule has 0 bridgehead atoms. The van der Waals surface area contributed by atoms with Gasteiger partial charge in [0.05, 0.1) is 10.6 Å². The fraction of sp³-hybridized carbons (Fsp3) is 0.0526. The number of amidine groups is 1. The predicted molar refractivity (Wildman–Crippen MR) is 113 cm³/mol. The second-order valence-electron chi connectivity index (χ2n) is 5.64. The lowest BCUT2D eigenvalue weighted by Gasteiger charge is -2.14. The van der Waals surface area contributed by atoms with Crippen LogP contribution in [0.1, 0.15) is 10.6 Å². The van der Waals surface area contributed by atoms with Gasteiger partial charge in [0.25, 0.3) is 5.91 Å². The standard InChI is InChI=1S/C19H13ClN4OS2/c1-12-22-23-18(26-12)21-19-24(15-5-3-2-4-6-15)17(25)16(27-19)11-13-7-9-14(20)10-8-13/h2-11H,1H3/b16-11-,21-19+. The molecule has 1 aliphatic heterocycles. The number of anilines is 1. The van der Waals surface area contributed by atoms with Gasteiger partial charge in [-0.3, -0.25) is 9.69 Å². The highest BCUT2D eigenvalue weighted by Crippen LogP contribution is 2.37. The van der Waals surface area contributed by atoms with E-state index in [9.17, 15) is 4.79 Å². The molecule has 1 aromatic heterocycles. The van der Waals surface area contributed by atoms with Crippen LogP contribution in [0.2, 0.25) is 5.02 Å². The Labute approximate surface area is 169 Å². The van der Waals surface area contributed by atoms with Crippen molar-refractivity contribution in [1.82, 2.24) is 10.2 Å². The first kappa shape index (κ1) is 17.9. The van der Waals surface area contributed by atoms with Crippen LogP contribution in [0.4, 0.5) is 10.8 Å². The maximum Gasteiger partial charge on any atom is 0.271 e. The maximum atomic E-state index is 13.1. The number of amides is 1. The zero-order valence-corrected chi connectivity index (χ0v) is 16.6. The van der Waals surface area contributed by atoms with E-state index in [4.69, 9.17) is 11.6 Å². The van der Waals surface area contributed by atoms with Gasteiger partial charge in [0.1, 0.15) is 5.01 Å². The third-order valence-corrected chi connectivity index (χ3v) is 5.65. The SMILES string of the molecule is Cc1nnc(/N=C2/S/C(=C\c3ccc(Cl)cc3)C(=O)N2c2ccccc2)s1. The molecule has 0 radical (unpaired) electrons. The van der Waals surface area contributed by atoms with Crippen LogP contribution in [0.3, 0.4) is 0 Å². The molecule has 0 saturated carbocycles. The molecule has 1 aliphatic rings. The number of aliphatic imine (C=N–C) groups is 1. The molecule has 2 heterocycles. The fourth-order valence-electron chi connectivity index (χ4n) is 2.48. The van der Waals surface area contributed by atoms with E-state index in [-0.39, 0.29) is 5.91 Å². The molecule has 2 aromatic carbocycles. The van der Waals surface area contributed by atoms with Gasteiger partial charge in [-0.2, -0.15) is 4.99 Å². The summed E-state index contributed by atoms with van der Waals surface area (Å²) in [4.78, 5) is 19.8. The molecule has 0 atom stereocenters. The minimum Gasteiger partial charge on any atom is -0.268 e. The first-order valence-electron chi connectivity index (χ1n) is 8.03. The third-order valence-electron chi connectivity index (χ3n) is 3.70. The van der Waals surface area contributed by atoms with Crippen LogP contribution in [0.15, 0.2) is 64.5 Å². The molecule has 0 spiro atoms. The molecule has 134 valence electrons. The smallest absolute Gasteiger partial charge is 0.268 e. The topological polar surface area (TPSA) is 58.5 Å². The van der Waals surface area contributed by atoms with Crippen LogP contribution >= 0.6 is 34.7 Å². The van der Waals surface area contributed by atoms with Gasteiger partial charge in [-0.15, -0.1) is 10.2 Å². The second kappa shape index (κ2) is 7.64. The molecule has 5 nitrogen and oxygen atoms in total. The van der Waals surface area contributed by atoms with E-state index < -0.39 is 0 Å². The van der Waals surface area contributed by atoms with E-state index >= 15 is 0 Å². The minimum absolute atomic E-state index is 0.124. The Hall–Kier alpha value is -2.48. The highest BCUT2D eigenvalue weighted by molar-refractivity contribution is 8.19. The average Bonchev–Trinajstić information content (AvgIpc) is 3.21. The van der Waals surface area contributed by atoms with Gasteiger partial charge in [-0.1, -0.05) is 53.3 Å². The average molecular weight is 413 g/mol. The van der Waals surface area contributed by atoms with E-state index in [1.54, 1.807) is 17.0 Å². The Morgan fingerprint density at radius 3 is 2.48 bits per heavy atom. The zero-order valence-electron chi connectivity index (χ0n) is 14.2. The molecule has 8 heteroatoms. The van der Waals surface area contributed by atoms with Gasteiger partial charge in [0.15, 0.2) is 5.17 Å². The number of rotatable bonds is 3. The van der Waals surface area contributed by atoms with Gasteiger partial charge >= 0.3 is 0 Å². The molecule has 0 N–H and O–H groups in total. The number of carbonyl (C=O) groups excluding carboxylic acids is 1. The number of halogens is 1. The van der Waals surface area contributed by atoms with Crippen LogP contribution in [-0.4, -0.2) is 21.3 Å². The Morgan fingerprint density at radius 1 is 1.07 bits per heavy atom. The number of aryl methyl sites for hydroxylation is 1. The Bertz CT molecular complexity index is 1050. The molecule has 1 saturated heterocycles. The van der Waals surface area contributed by atoms with Crippen molar-refractivity contribution in [2.75, 3.05) is 4.90 Å². The number of hydrogen-bond donors (Lipinski definition) is 0. The van der Waals surface area contributed by atoms with E-state index in [2.05, 4.69) is 15.2 Å². The number of carbonyl (C=O) groups is 1. The minimum atomic E-state index is -0.124. The molecule has 0 aliphatic carbocycles. The van der Waals surface area contributed by atoms with E-state index in [1.165, 1.54) is 23.1 Å². The molecular weight excluding hydrogens is 400 g/mol. The Balaban J connectivity index is 1.75. The Morgan fingerprint density at radius 2 is 1.81 bits per heavy atom. The highest BCUT2D eigenvalue weighted by atomic mass is 35.5. The van der Waals surface area contributed by atoms with Crippen molar-refractivity contribution in [3.8, 4) is 0 Å². The number of thioether (sulfide) groups is 1. The van der Waals surface area contributed by atoms with Crippen molar-refractivity contribution in [3.05, 3.63) is 75.1 Å². The van der Waals surface area contributed by atoms with Crippen molar-refractivity contribution in [3.63, 3.8) is 0 Å². The lowest BCUT2D eigenvalue weighted by Crippen LogP contribution is -2.28.